The number of aryl methyl sites for hydroxylation is 1. The summed E-state index contributed by atoms with van der Waals surface area (Å²) in [7, 11) is 0. The Labute approximate surface area is 106 Å². The van der Waals surface area contributed by atoms with Crippen molar-refractivity contribution in [2.24, 2.45) is 0 Å². The molecule has 0 aliphatic rings. The number of alkyl halides is 1. The Kier molecular flexibility index (Phi) is 4.14. The van der Waals surface area contributed by atoms with E-state index in [0.717, 1.165) is 5.56 Å². The molecule has 0 heterocycles. The molecule has 3 heteroatoms. The summed E-state index contributed by atoms with van der Waals surface area (Å²) in [6.45, 7) is 7.71. The first-order chi connectivity index (χ1) is 7.30. The lowest BCUT2D eigenvalue weighted by molar-refractivity contribution is -0.123. The van der Waals surface area contributed by atoms with Gasteiger partial charge in [-0.05, 0) is 33.3 Å². The van der Waals surface area contributed by atoms with E-state index in [1.165, 1.54) is 5.56 Å². The minimum atomic E-state index is -0.522. The second-order valence-corrected chi connectivity index (χ2v) is 6.56. The van der Waals surface area contributed by atoms with Gasteiger partial charge >= 0.3 is 0 Å². The van der Waals surface area contributed by atoms with Crippen molar-refractivity contribution in [3.63, 3.8) is 0 Å². The van der Waals surface area contributed by atoms with Crippen LogP contribution in [0.2, 0.25) is 0 Å². The zero-order chi connectivity index (χ0) is 12.3. The van der Waals surface area contributed by atoms with Gasteiger partial charge in [-0.3, -0.25) is 4.79 Å². The molecule has 0 spiro atoms. The number of benzene rings is 1. The molecule has 0 saturated carbocycles. The van der Waals surface area contributed by atoms with Crippen LogP contribution in [0.5, 0.6) is 0 Å². The van der Waals surface area contributed by atoms with Gasteiger partial charge in [0, 0.05) is 0 Å². The third-order valence-electron chi connectivity index (χ3n) is 2.46. The van der Waals surface area contributed by atoms with Crippen molar-refractivity contribution in [1.82, 2.24) is 5.32 Å². The van der Waals surface area contributed by atoms with Gasteiger partial charge < -0.3 is 5.32 Å². The molecule has 2 nitrogen and oxygen atoms in total. The normalized spacial score (nSPS) is 13.3. The first kappa shape index (κ1) is 13.2. The second-order valence-electron chi connectivity index (χ2n) is 4.58. The van der Waals surface area contributed by atoms with E-state index in [9.17, 15) is 4.79 Å². The van der Waals surface area contributed by atoms with E-state index >= 15 is 0 Å². The maximum Gasteiger partial charge on any atom is 0.236 e. The van der Waals surface area contributed by atoms with Gasteiger partial charge in [0.1, 0.15) is 0 Å². The molecule has 0 aliphatic heterocycles. The Morgan fingerprint density at radius 3 is 2.25 bits per heavy atom. The molecular formula is C13H18BrNO. The maximum absolute atomic E-state index is 11.8. The summed E-state index contributed by atoms with van der Waals surface area (Å²) in [5.74, 6) is 0.000532. The first-order valence-electron chi connectivity index (χ1n) is 5.37. The van der Waals surface area contributed by atoms with Crippen molar-refractivity contribution in [2.45, 2.75) is 38.1 Å². The van der Waals surface area contributed by atoms with Crippen LogP contribution in [0.15, 0.2) is 24.3 Å². The molecule has 0 fully saturated rings. The summed E-state index contributed by atoms with van der Waals surface area (Å²) in [5.41, 5.74) is 2.35. The summed E-state index contributed by atoms with van der Waals surface area (Å²) in [5, 5.41) is 2.97. The monoisotopic (exact) mass is 283 g/mol. The van der Waals surface area contributed by atoms with Crippen LogP contribution in [0, 0.1) is 6.92 Å². The van der Waals surface area contributed by atoms with E-state index in [1.54, 1.807) is 0 Å². The van der Waals surface area contributed by atoms with E-state index in [1.807, 2.05) is 32.9 Å². The Hall–Kier alpha value is -0.830. The number of carbonyl (C=O) groups excluding carboxylic acids is 1. The third-order valence-corrected chi connectivity index (χ3v) is 2.83. The molecular weight excluding hydrogens is 266 g/mol. The van der Waals surface area contributed by atoms with Gasteiger partial charge in [-0.1, -0.05) is 45.8 Å². The number of amides is 1. The van der Waals surface area contributed by atoms with E-state index in [0.29, 0.717) is 0 Å². The van der Waals surface area contributed by atoms with Crippen molar-refractivity contribution in [3.05, 3.63) is 35.4 Å². The Bertz CT molecular complexity index is 365. The molecule has 1 atom stereocenters. The van der Waals surface area contributed by atoms with E-state index in [-0.39, 0.29) is 11.9 Å². The molecule has 88 valence electrons. The van der Waals surface area contributed by atoms with Crippen LogP contribution in [0.4, 0.5) is 0 Å². The van der Waals surface area contributed by atoms with Crippen molar-refractivity contribution in [3.8, 4) is 0 Å². The highest BCUT2D eigenvalue weighted by molar-refractivity contribution is 9.10. The SMILES string of the molecule is Cc1ccc([C@@H](C)NC(=O)C(C)(C)Br)cc1. The molecule has 0 radical (unpaired) electrons. The molecule has 1 N–H and O–H groups in total. The van der Waals surface area contributed by atoms with Crippen molar-refractivity contribution < 1.29 is 4.79 Å². The molecule has 1 rings (SSSR count). The predicted molar refractivity (Wildman–Crippen MR) is 70.7 cm³/mol. The van der Waals surface area contributed by atoms with Gasteiger partial charge in [0.2, 0.25) is 5.91 Å². The lowest BCUT2D eigenvalue weighted by atomic mass is 10.1. The summed E-state index contributed by atoms with van der Waals surface area (Å²) in [6.07, 6.45) is 0. The molecule has 1 aromatic carbocycles. The maximum atomic E-state index is 11.8. The van der Waals surface area contributed by atoms with Crippen LogP contribution in [-0.2, 0) is 4.79 Å². The van der Waals surface area contributed by atoms with Crippen LogP contribution in [0.1, 0.15) is 37.9 Å². The Morgan fingerprint density at radius 1 is 1.31 bits per heavy atom. The summed E-state index contributed by atoms with van der Waals surface area (Å²) in [6, 6.07) is 8.22. The highest BCUT2D eigenvalue weighted by atomic mass is 79.9. The number of carbonyl (C=O) groups is 1. The van der Waals surface area contributed by atoms with Gasteiger partial charge in [-0.2, -0.15) is 0 Å². The van der Waals surface area contributed by atoms with E-state index in [4.69, 9.17) is 0 Å². The van der Waals surface area contributed by atoms with Gasteiger partial charge in [-0.15, -0.1) is 0 Å². The van der Waals surface area contributed by atoms with Crippen LogP contribution < -0.4 is 5.32 Å². The molecule has 0 bridgehead atoms. The topological polar surface area (TPSA) is 29.1 Å². The van der Waals surface area contributed by atoms with Gasteiger partial charge in [0.25, 0.3) is 0 Å². The average Bonchev–Trinajstić information content (AvgIpc) is 2.17. The zero-order valence-electron chi connectivity index (χ0n) is 10.2. The standard InChI is InChI=1S/C13H18BrNO/c1-9-5-7-11(8-6-9)10(2)15-12(16)13(3,4)14/h5-8,10H,1-4H3,(H,15,16)/t10-/m1/s1. The predicted octanol–water partition coefficient (Wildman–Crippen LogP) is 3.35. The number of hydrogen-bond acceptors (Lipinski definition) is 1. The minimum Gasteiger partial charge on any atom is -0.348 e. The molecule has 0 aromatic heterocycles. The van der Waals surface area contributed by atoms with Gasteiger partial charge in [0.15, 0.2) is 0 Å². The first-order valence-corrected chi connectivity index (χ1v) is 6.16. The summed E-state index contributed by atoms with van der Waals surface area (Å²) < 4.78 is -0.522. The molecule has 16 heavy (non-hydrogen) atoms. The highest BCUT2D eigenvalue weighted by Gasteiger charge is 2.24. The van der Waals surface area contributed by atoms with Gasteiger partial charge in [0.05, 0.1) is 10.4 Å². The molecule has 0 unspecified atom stereocenters. The van der Waals surface area contributed by atoms with Crippen molar-refractivity contribution in [2.75, 3.05) is 0 Å². The quantitative estimate of drug-likeness (QED) is 0.847. The minimum absolute atomic E-state index is 0.000532. The summed E-state index contributed by atoms with van der Waals surface area (Å²) >= 11 is 3.34. The molecule has 0 aliphatic carbocycles. The summed E-state index contributed by atoms with van der Waals surface area (Å²) in [4.78, 5) is 11.8. The number of hydrogen-bond donors (Lipinski definition) is 1. The van der Waals surface area contributed by atoms with Crippen molar-refractivity contribution in [1.29, 1.82) is 0 Å². The second kappa shape index (κ2) is 5.00. The molecule has 1 amide bonds. The zero-order valence-corrected chi connectivity index (χ0v) is 11.8. The van der Waals surface area contributed by atoms with E-state index in [2.05, 4.69) is 40.3 Å². The fraction of sp³-hybridized carbons (Fsp3) is 0.462. The fourth-order valence-electron chi connectivity index (χ4n) is 1.31. The molecule has 0 saturated heterocycles. The lowest BCUT2D eigenvalue weighted by Crippen LogP contribution is -2.38. The van der Waals surface area contributed by atoms with Crippen LogP contribution in [-0.4, -0.2) is 10.2 Å². The Morgan fingerprint density at radius 2 is 1.81 bits per heavy atom. The lowest BCUT2D eigenvalue weighted by Gasteiger charge is -2.20. The smallest absolute Gasteiger partial charge is 0.236 e. The van der Waals surface area contributed by atoms with E-state index < -0.39 is 4.32 Å². The fourth-order valence-corrected chi connectivity index (χ4v) is 1.42. The van der Waals surface area contributed by atoms with Gasteiger partial charge in [-0.25, -0.2) is 0 Å². The number of halogens is 1. The van der Waals surface area contributed by atoms with Crippen LogP contribution in [0.25, 0.3) is 0 Å². The number of nitrogens with one attached hydrogen (secondary N) is 1. The van der Waals surface area contributed by atoms with Crippen molar-refractivity contribution >= 4 is 21.8 Å². The molecule has 1 aromatic rings. The third kappa shape index (κ3) is 3.63. The number of rotatable bonds is 3. The highest BCUT2D eigenvalue weighted by Crippen LogP contribution is 2.19. The largest absolute Gasteiger partial charge is 0.348 e. The average molecular weight is 284 g/mol. The van der Waals surface area contributed by atoms with Crippen LogP contribution >= 0.6 is 15.9 Å². The Balaban J connectivity index is 2.69. The van der Waals surface area contributed by atoms with Crippen LogP contribution in [0.3, 0.4) is 0 Å².